The van der Waals surface area contributed by atoms with Crippen molar-refractivity contribution in [2.45, 2.75) is 0 Å². The molecule has 0 radical (unpaired) electrons. The Morgan fingerprint density at radius 2 is 1.47 bits per heavy atom. The molecule has 1 heterocycles. The highest BCUT2D eigenvalue weighted by molar-refractivity contribution is 7.18. The van der Waals surface area contributed by atoms with Crippen molar-refractivity contribution in [2.75, 3.05) is 0 Å². The zero-order valence-corrected chi connectivity index (χ0v) is 18.8. The summed E-state index contributed by atoms with van der Waals surface area (Å²) < 4.78 is 0. The topological polar surface area (TPSA) is 61.1 Å². The molecule has 1 N–H and O–H groups in total. The van der Waals surface area contributed by atoms with Crippen LogP contribution in [0, 0.1) is 11.3 Å². The normalized spacial score (nSPS) is 11.9. The van der Waals surface area contributed by atoms with E-state index in [0.717, 1.165) is 10.4 Å². The number of carboxylic acids is 1. The second-order valence-electron chi connectivity index (χ2n) is 8.23. The number of rotatable bonds is 4. The van der Waals surface area contributed by atoms with Crippen molar-refractivity contribution < 1.29 is 9.90 Å². The van der Waals surface area contributed by atoms with E-state index in [0.29, 0.717) is 5.56 Å². The molecule has 0 fully saturated rings. The summed E-state index contributed by atoms with van der Waals surface area (Å²) >= 11 is 1.71. The van der Waals surface area contributed by atoms with Gasteiger partial charge in [-0.3, -0.25) is 0 Å². The van der Waals surface area contributed by atoms with Crippen molar-refractivity contribution in [2.24, 2.45) is 0 Å². The molecule has 160 valence electrons. The zero-order valence-electron chi connectivity index (χ0n) is 17.9. The fourth-order valence-corrected chi connectivity index (χ4v) is 5.72. The minimum atomic E-state index is -1.22. The molecule has 0 unspecified atom stereocenters. The van der Waals surface area contributed by atoms with Gasteiger partial charge in [-0.25, -0.2) is 4.79 Å². The van der Waals surface area contributed by atoms with Crippen LogP contribution in [-0.4, -0.2) is 11.1 Å². The lowest BCUT2D eigenvalue weighted by Gasteiger charge is -2.13. The molecular weight excluding hydrogens is 438 g/mol. The lowest BCUT2D eigenvalue weighted by molar-refractivity contribution is -0.132. The lowest BCUT2D eigenvalue weighted by Crippen LogP contribution is -1.97. The van der Waals surface area contributed by atoms with E-state index in [1.54, 1.807) is 23.5 Å². The molecule has 0 aliphatic carbocycles. The maximum absolute atomic E-state index is 11.2. The molecule has 0 atom stereocenters. The number of thiophene rings is 1. The SMILES string of the molecule is N#C/C(=C\c1cccc(-c2ccc(-c3ccc4ccc5cccc6ccc3c4c56)s2)c1)C(=O)O. The van der Waals surface area contributed by atoms with Crippen LogP contribution in [0.3, 0.4) is 0 Å². The van der Waals surface area contributed by atoms with Crippen LogP contribution < -0.4 is 0 Å². The van der Waals surface area contributed by atoms with Crippen LogP contribution in [0.1, 0.15) is 5.56 Å². The summed E-state index contributed by atoms with van der Waals surface area (Å²) in [6.45, 7) is 0. The van der Waals surface area contributed by atoms with Crippen LogP contribution in [0.5, 0.6) is 0 Å². The fraction of sp³-hybridized carbons (Fsp3) is 0. The number of hydrogen-bond donors (Lipinski definition) is 1. The summed E-state index contributed by atoms with van der Waals surface area (Å²) in [7, 11) is 0. The van der Waals surface area contributed by atoms with Gasteiger partial charge >= 0.3 is 5.97 Å². The number of benzene rings is 5. The molecule has 0 bridgehead atoms. The highest BCUT2D eigenvalue weighted by atomic mass is 32.1. The Balaban J connectivity index is 1.47. The van der Waals surface area contributed by atoms with Crippen LogP contribution >= 0.6 is 11.3 Å². The van der Waals surface area contributed by atoms with Crippen LogP contribution in [-0.2, 0) is 4.79 Å². The minimum absolute atomic E-state index is 0.280. The van der Waals surface area contributed by atoms with Crippen molar-refractivity contribution in [3.05, 3.63) is 102 Å². The Bertz CT molecular complexity index is 1790. The van der Waals surface area contributed by atoms with Crippen molar-refractivity contribution in [3.63, 3.8) is 0 Å². The molecule has 3 nitrogen and oxygen atoms in total. The predicted molar refractivity (Wildman–Crippen MR) is 140 cm³/mol. The molecule has 6 rings (SSSR count). The highest BCUT2D eigenvalue weighted by Gasteiger charge is 2.14. The first kappa shape index (κ1) is 20.2. The van der Waals surface area contributed by atoms with E-state index in [4.69, 9.17) is 10.4 Å². The summed E-state index contributed by atoms with van der Waals surface area (Å²) in [6, 6.07) is 33.2. The van der Waals surface area contributed by atoms with Gasteiger partial charge in [0.25, 0.3) is 0 Å². The zero-order chi connectivity index (χ0) is 23.2. The molecule has 0 spiro atoms. The summed E-state index contributed by atoms with van der Waals surface area (Å²) in [4.78, 5) is 13.5. The predicted octanol–water partition coefficient (Wildman–Crippen LogP) is 7.97. The standard InChI is InChI=1S/C30H17NO2S/c31-17-23(30(32)33)16-18-3-1-6-22(15-18)26-13-14-27(34-26)24-11-9-21-8-7-19-4-2-5-20-10-12-25(24)29(21)28(19)20/h1-16H,(H,32,33)/b23-16+. The number of carboxylic acid groups (broad SMARTS) is 1. The number of aliphatic carboxylic acids is 1. The third-order valence-electron chi connectivity index (χ3n) is 6.23. The van der Waals surface area contributed by atoms with E-state index >= 15 is 0 Å². The quantitative estimate of drug-likeness (QED) is 0.167. The van der Waals surface area contributed by atoms with Gasteiger partial charge in [0, 0.05) is 9.75 Å². The molecule has 34 heavy (non-hydrogen) atoms. The maximum Gasteiger partial charge on any atom is 0.346 e. The molecule has 4 heteroatoms. The van der Waals surface area contributed by atoms with E-state index in [1.807, 2.05) is 18.2 Å². The first-order valence-corrected chi connectivity index (χ1v) is 11.7. The third kappa shape index (κ3) is 3.23. The second-order valence-corrected chi connectivity index (χ2v) is 9.32. The lowest BCUT2D eigenvalue weighted by atomic mass is 9.91. The average Bonchev–Trinajstić information content (AvgIpc) is 3.36. The summed E-state index contributed by atoms with van der Waals surface area (Å²) in [6.07, 6.45) is 1.40. The van der Waals surface area contributed by atoms with E-state index in [-0.39, 0.29) is 5.57 Å². The molecule has 6 aromatic rings. The monoisotopic (exact) mass is 455 g/mol. The van der Waals surface area contributed by atoms with Gasteiger partial charge in [0.05, 0.1) is 0 Å². The smallest absolute Gasteiger partial charge is 0.346 e. The van der Waals surface area contributed by atoms with Gasteiger partial charge in [-0.05, 0) is 73.3 Å². The van der Waals surface area contributed by atoms with Gasteiger partial charge in [-0.2, -0.15) is 5.26 Å². The number of nitriles is 1. The molecule has 0 saturated heterocycles. The van der Waals surface area contributed by atoms with Gasteiger partial charge in [0.1, 0.15) is 11.6 Å². The van der Waals surface area contributed by atoms with Gasteiger partial charge in [-0.1, -0.05) is 72.8 Å². The van der Waals surface area contributed by atoms with Crippen LogP contribution in [0.4, 0.5) is 0 Å². The van der Waals surface area contributed by atoms with Gasteiger partial charge in [0.2, 0.25) is 0 Å². The van der Waals surface area contributed by atoms with E-state index in [2.05, 4.69) is 66.7 Å². The summed E-state index contributed by atoms with van der Waals surface area (Å²) in [5.74, 6) is -1.22. The first-order valence-electron chi connectivity index (χ1n) is 10.8. The second kappa shape index (κ2) is 7.84. The summed E-state index contributed by atoms with van der Waals surface area (Å²) in [5, 5.41) is 25.8. The van der Waals surface area contributed by atoms with Crippen molar-refractivity contribution in [3.8, 4) is 27.0 Å². The van der Waals surface area contributed by atoms with Gasteiger partial charge in [-0.15, -0.1) is 11.3 Å². The molecule has 0 saturated carbocycles. The van der Waals surface area contributed by atoms with E-state index < -0.39 is 5.97 Å². The molecule has 0 aliphatic rings. The van der Waals surface area contributed by atoms with Crippen molar-refractivity contribution >= 4 is 55.7 Å². The third-order valence-corrected chi connectivity index (χ3v) is 7.40. The van der Waals surface area contributed by atoms with Gasteiger partial charge < -0.3 is 5.11 Å². The van der Waals surface area contributed by atoms with E-state index in [9.17, 15) is 4.79 Å². The van der Waals surface area contributed by atoms with Crippen LogP contribution in [0.15, 0.2) is 96.6 Å². The summed E-state index contributed by atoms with van der Waals surface area (Å²) in [5.41, 5.74) is 2.60. The molecule has 0 aliphatic heterocycles. The first-order chi connectivity index (χ1) is 16.6. The highest BCUT2D eigenvalue weighted by Crippen LogP contribution is 2.42. The number of hydrogen-bond acceptors (Lipinski definition) is 3. The van der Waals surface area contributed by atoms with Crippen LogP contribution in [0.2, 0.25) is 0 Å². The maximum atomic E-state index is 11.2. The van der Waals surface area contributed by atoms with Crippen molar-refractivity contribution in [1.82, 2.24) is 0 Å². The molecule has 1 aromatic heterocycles. The minimum Gasteiger partial charge on any atom is -0.477 e. The Morgan fingerprint density at radius 3 is 2.24 bits per heavy atom. The van der Waals surface area contributed by atoms with Crippen LogP contribution in [0.25, 0.3) is 59.3 Å². The fourth-order valence-electron chi connectivity index (χ4n) is 4.68. The molecular formula is C30H17NO2S. The Labute approximate surface area is 199 Å². The van der Waals surface area contributed by atoms with E-state index in [1.165, 1.54) is 48.8 Å². The average molecular weight is 456 g/mol. The molecule has 5 aromatic carbocycles. The Morgan fingerprint density at radius 1 is 0.794 bits per heavy atom. The Hall–Kier alpha value is -4.46. The Kier molecular flexibility index (Phi) is 4.65. The largest absolute Gasteiger partial charge is 0.477 e. The molecule has 0 amide bonds. The number of carbonyl (C=O) groups is 1. The van der Waals surface area contributed by atoms with Gasteiger partial charge in [0.15, 0.2) is 0 Å². The number of nitrogens with zero attached hydrogens (tertiary/aromatic N) is 1. The van der Waals surface area contributed by atoms with Crippen molar-refractivity contribution in [1.29, 1.82) is 5.26 Å².